The van der Waals surface area contributed by atoms with Crippen molar-refractivity contribution in [1.82, 2.24) is 9.44 Å². The Bertz CT molecular complexity index is 359. The molecule has 0 bridgehead atoms. The van der Waals surface area contributed by atoms with Gasteiger partial charge in [-0.05, 0) is 12.8 Å². The molecule has 4 nitrogen and oxygen atoms in total. The zero-order chi connectivity index (χ0) is 18.6. The molecule has 0 heterocycles. The van der Waals surface area contributed by atoms with Gasteiger partial charge >= 0.3 is 0 Å². The topological polar surface area (TPSA) is 58.2 Å². The molecule has 5 heteroatoms. The van der Waals surface area contributed by atoms with E-state index in [9.17, 15) is 8.42 Å². The second kappa shape index (κ2) is 18.7. The first-order chi connectivity index (χ1) is 12.1. The van der Waals surface area contributed by atoms with Gasteiger partial charge in [0.25, 0.3) is 10.2 Å². The number of nitrogens with one attached hydrogen (secondary N) is 2. The van der Waals surface area contributed by atoms with Gasteiger partial charge in [0.15, 0.2) is 0 Å². The van der Waals surface area contributed by atoms with E-state index in [1.807, 2.05) is 6.92 Å². The highest BCUT2D eigenvalue weighted by atomic mass is 32.2. The summed E-state index contributed by atoms with van der Waals surface area (Å²) in [4.78, 5) is 0. The van der Waals surface area contributed by atoms with Crippen LogP contribution in [0.1, 0.15) is 117 Å². The van der Waals surface area contributed by atoms with Gasteiger partial charge < -0.3 is 0 Å². The highest BCUT2D eigenvalue weighted by molar-refractivity contribution is 7.87. The summed E-state index contributed by atoms with van der Waals surface area (Å²) in [5.74, 6) is 0. The molecule has 0 aromatic carbocycles. The number of hydrogen-bond acceptors (Lipinski definition) is 2. The molecule has 0 aliphatic rings. The Kier molecular flexibility index (Phi) is 18.6. The highest BCUT2D eigenvalue weighted by Gasteiger charge is 2.06. The van der Waals surface area contributed by atoms with Crippen molar-refractivity contribution < 1.29 is 8.42 Å². The van der Waals surface area contributed by atoms with E-state index in [0.717, 1.165) is 19.3 Å². The fourth-order valence-electron chi connectivity index (χ4n) is 2.99. The maximum Gasteiger partial charge on any atom is 0.276 e. The van der Waals surface area contributed by atoms with Gasteiger partial charge in [0.1, 0.15) is 0 Å². The minimum absolute atomic E-state index is 0.508. The summed E-state index contributed by atoms with van der Waals surface area (Å²) in [5.41, 5.74) is 0. The van der Waals surface area contributed by atoms with Crippen LogP contribution in [0, 0.1) is 0 Å². The predicted molar refractivity (Wildman–Crippen MR) is 110 cm³/mol. The maximum absolute atomic E-state index is 11.5. The lowest BCUT2D eigenvalue weighted by Crippen LogP contribution is -2.37. The summed E-state index contributed by atoms with van der Waals surface area (Å²) >= 11 is 0. The van der Waals surface area contributed by atoms with Crippen LogP contribution in [0.4, 0.5) is 0 Å². The van der Waals surface area contributed by atoms with Crippen molar-refractivity contribution in [2.24, 2.45) is 0 Å². The normalized spacial score (nSPS) is 11.9. The quantitative estimate of drug-likeness (QED) is 0.268. The van der Waals surface area contributed by atoms with E-state index in [1.54, 1.807) is 0 Å². The van der Waals surface area contributed by atoms with Gasteiger partial charge in [0, 0.05) is 13.1 Å². The molecule has 0 unspecified atom stereocenters. The first-order valence-corrected chi connectivity index (χ1v) is 12.3. The molecule has 0 spiro atoms. The van der Waals surface area contributed by atoms with Gasteiger partial charge in [-0.25, -0.2) is 9.44 Å². The molecule has 0 saturated carbocycles. The van der Waals surface area contributed by atoms with Crippen molar-refractivity contribution in [3.05, 3.63) is 0 Å². The predicted octanol–water partition coefficient (Wildman–Crippen LogP) is 5.69. The zero-order valence-corrected chi connectivity index (χ0v) is 17.8. The Morgan fingerprint density at radius 1 is 0.480 bits per heavy atom. The summed E-state index contributed by atoms with van der Waals surface area (Å²) in [5, 5.41) is 0. The van der Waals surface area contributed by atoms with Crippen LogP contribution in [-0.2, 0) is 10.2 Å². The molecule has 0 aliphatic carbocycles. The first kappa shape index (κ1) is 24.9. The Labute approximate surface area is 158 Å². The Hall–Kier alpha value is -0.130. The SMILES string of the molecule is CCCCCCCCCCCCCCCCCNS(=O)(=O)NCCC. The van der Waals surface area contributed by atoms with Crippen molar-refractivity contribution in [2.45, 2.75) is 117 Å². The van der Waals surface area contributed by atoms with E-state index in [-0.39, 0.29) is 0 Å². The lowest BCUT2D eigenvalue weighted by Gasteiger charge is -2.07. The van der Waals surface area contributed by atoms with Crippen LogP contribution in [0.15, 0.2) is 0 Å². The Balaban J connectivity index is 3.16. The molecule has 0 aromatic heterocycles. The standard InChI is InChI=1S/C20H44N2O2S/c1-3-5-6-7-8-9-10-11-12-13-14-15-16-17-18-20-22-25(23,24)21-19-4-2/h21-22H,3-20H2,1-2H3. The molecule has 0 amide bonds. The van der Waals surface area contributed by atoms with Gasteiger partial charge in [-0.15, -0.1) is 0 Å². The van der Waals surface area contributed by atoms with Crippen LogP contribution in [0.5, 0.6) is 0 Å². The lowest BCUT2D eigenvalue weighted by molar-refractivity contribution is 0.529. The molecule has 0 rings (SSSR count). The third kappa shape index (κ3) is 20.0. The number of hydrogen-bond donors (Lipinski definition) is 2. The van der Waals surface area contributed by atoms with Crippen LogP contribution in [0.2, 0.25) is 0 Å². The highest BCUT2D eigenvalue weighted by Crippen LogP contribution is 2.13. The van der Waals surface area contributed by atoms with Crippen LogP contribution in [0.3, 0.4) is 0 Å². The fourth-order valence-corrected chi connectivity index (χ4v) is 3.98. The van der Waals surface area contributed by atoms with E-state index < -0.39 is 10.2 Å². The van der Waals surface area contributed by atoms with Crippen molar-refractivity contribution in [2.75, 3.05) is 13.1 Å². The van der Waals surface area contributed by atoms with E-state index in [4.69, 9.17) is 0 Å². The van der Waals surface area contributed by atoms with Crippen molar-refractivity contribution in [1.29, 1.82) is 0 Å². The van der Waals surface area contributed by atoms with Crippen molar-refractivity contribution in [3.63, 3.8) is 0 Å². The van der Waals surface area contributed by atoms with Crippen LogP contribution < -0.4 is 9.44 Å². The molecule has 0 aromatic rings. The number of unbranched alkanes of at least 4 members (excludes halogenated alkanes) is 14. The van der Waals surface area contributed by atoms with E-state index in [1.165, 1.54) is 83.5 Å². The van der Waals surface area contributed by atoms with Gasteiger partial charge in [0.2, 0.25) is 0 Å². The molecular weight excluding hydrogens is 332 g/mol. The molecular formula is C20H44N2O2S. The smallest absolute Gasteiger partial charge is 0.202 e. The molecule has 0 atom stereocenters. The van der Waals surface area contributed by atoms with Gasteiger partial charge in [-0.2, -0.15) is 8.42 Å². The fraction of sp³-hybridized carbons (Fsp3) is 1.00. The van der Waals surface area contributed by atoms with E-state index in [0.29, 0.717) is 13.1 Å². The lowest BCUT2D eigenvalue weighted by atomic mass is 10.0. The van der Waals surface area contributed by atoms with Crippen molar-refractivity contribution >= 4 is 10.2 Å². The zero-order valence-electron chi connectivity index (χ0n) is 17.0. The largest absolute Gasteiger partial charge is 0.276 e. The van der Waals surface area contributed by atoms with Gasteiger partial charge in [-0.1, -0.05) is 104 Å². The van der Waals surface area contributed by atoms with E-state index in [2.05, 4.69) is 16.4 Å². The van der Waals surface area contributed by atoms with Gasteiger partial charge in [0.05, 0.1) is 0 Å². The molecule has 2 N–H and O–H groups in total. The Morgan fingerprint density at radius 3 is 1.24 bits per heavy atom. The van der Waals surface area contributed by atoms with Gasteiger partial charge in [-0.3, -0.25) is 0 Å². The Morgan fingerprint density at radius 2 is 0.840 bits per heavy atom. The van der Waals surface area contributed by atoms with E-state index >= 15 is 0 Å². The average Bonchev–Trinajstić information content (AvgIpc) is 2.59. The molecule has 0 aliphatic heterocycles. The van der Waals surface area contributed by atoms with Crippen LogP contribution in [-0.4, -0.2) is 21.5 Å². The second-order valence-corrected chi connectivity index (χ2v) is 8.83. The number of rotatable bonds is 20. The molecule has 152 valence electrons. The van der Waals surface area contributed by atoms with Crippen LogP contribution >= 0.6 is 0 Å². The molecule has 0 radical (unpaired) electrons. The second-order valence-electron chi connectivity index (χ2n) is 7.24. The monoisotopic (exact) mass is 376 g/mol. The minimum atomic E-state index is -3.26. The minimum Gasteiger partial charge on any atom is -0.202 e. The van der Waals surface area contributed by atoms with Crippen LogP contribution in [0.25, 0.3) is 0 Å². The summed E-state index contributed by atoms with van der Waals surface area (Å²) < 4.78 is 28.2. The first-order valence-electron chi connectivity index (χ1n) is 10.9. The summed E-state index contributed by atoms with van der Waals surface area (Å²) in [6.07, 6.45) is 20.7. The third-order valence-corrected chi connectivity index (χ3v) is 5.78. The summed E-state index contributed by atoms with van der Waals surface area (Å²) in [6, 6.07) is 0. The summed E-state index contributed by atoms with van der Waals surface area (Å²) in [6.45, 7) is 5.29. The average molecular weight is 377 g/mol. The third-order valence-electron chi connectivity index (χ3n) is 4.61. The molecule has 0 fully saturated rings. The molecule has 0 saturated heterocycles. The molecule has 25 heavy (non-hydrogen) atoms. The maximum atomic E-state index is 11.5. The summed E-state index contributed by atoms with van der Waals surface area (Å²) in [7, 11) is -3.26. The van der Waals surface area contributed by atoms with Crippen molar-refractivity contribution in [3.8, 4) is 0 Å².